The zero-order valence-electron chi connectivity index (χ0n) is 7.13. The van der Waals surface area contributed by atoms with Gasteiger partial charge in [-0.1, -0.05) is 12.2 Å². The summed E-state index contributed by atoms with van der Waals surface area (Å²) < 4.78 is 0. The van der Waals surface area contributed by atoms with Gasteiger partial charge < -0.3 is 5.32 Å². The molecule has 0 saturated carbocycles. The van der Waals surface area contributed by atoms with Gasteiger partial charge in [0.25, 0.3) is 0 Å². The Morgan fingerprint density at radius 1 is 1.42 bits per heavy atom. The first kappa shape index (κ1) is 8.71. The summed E-state index contributed by atoms with van der Waals surface area (Å²) in [5, 5.41) is 2.71. The molecule has 12 heavy (non-hydrogen) atoms. The number of hydrogen-bond donors (Lipinski definition) is 1. The first-order valence-corrected chi connectivity index (χ1v) is 3.73. The Morgan fingerprint density at radius 2 is 1.92 bits per heavy atom. The highest BCUT2D eigenvalue weighted by atomic mass is 16.1. The Balaban J connectivity index is 2.74. The van der Waals surface area contributed by atoms with Crippen LogP contribution in [0.4, 0.5) is 0 Å². The first-order valence-electron chi connectivity index (χ1n) is 3.73. The number of allylic oxidation sites excluding steroid dienone is 2. The van der Waals surface area contributed by atoms with E-state index in [9.17, 15) is 9.59 Å². The maximum absolute atomic E-state index is 10.8. The lowest BCUT2D eigenvalue weighted by molar-refractivity contribution is -0.120. The van der Waals surface area contributed by atoms with Gasteiger partial charge in [0, 0.05) is 6.92 Å². The van der Waals surface area contributed by atoms with E-state index in [0.29, 0.717) is 0 Å². The summed E-state index contributed by atoms with van der Waals surface area (Å²) in [6, 6.07) is 0. The predicted octanol–water partition coefficient (Wildman–Crippen LogP) is 0.576. The number of nitrogens with one attached hydrogen (secondary N) is 1. The number of carbonyl (C=O) groups is 2. The van der Waals surface area contributed by atoms with Crippen LogP contribution in [0.25, 0.3) is 0 Å². The summed E-state index contributed by atoms with van der Waals surface area (Å²) in [6.07, 6.45) is 6.26. The second kappa shape index (κ2) is 2.93. The maximum Gasteiger partial charge on any atom is 0.217 e. The molecule has 0 atom stereocenters. The van der Waals surface area contributed by atoms with Crippen molar-refractivity contribution >= 4 is 11.7 Å². The molecule has 0 unspecified atom stereocenters. The normalized spacial score (nSPS) is 19.3. The molecule has 0 spiro atoms. The molecule has 0 aliphatic heterocycles. The summed E-state index contributed by atoms with van der Waals surface area (Å²) in [6.45, 7) is 3.27. The smallest absolute Gasteiger partial charge is 0.217 e. The third-order valence-electron chi connectivity index (χ3n) is 1.63. The molecule has 0 aromatic heterocycles. The van der Waals surface area contributed by atoms with Crippen molar-refractivity contribution in [3.05, 3.63) is 24.3 Å². The quantitative estimate of drug-likeness (QED) is 0.617. The highest BCUT2D eigenvalue weighted by molar-refractivity contribution is 6.00. The molecular formula is C9H11NO2. The van der Waals surface area contributed by atoms with Crippen molar-refractivity contribution in [2.24, 2.45) is 0 Å². The van der Waals surface area contributed by atoms with E-state index in [0.717, 1.165) is 0 Å². The van der Waals surface area contributed by atoms with Crippen LogP contribution in [0, 0.1) is 0 Å². The third kappa shape index (κ3) is 2.05. The Morgan fingerprint density at radius 3 is 2.33 bits per heavy atom. The predicted molar refractivity (Wildman–Crippen MR) is 45.5 cm³/mol. The van der Waals surface area contributed by atoms with Gasteiger partial charge in [0.1, 0.15) is 0 Å². The Labute approximate surface area is 71.1 Å². The Hall–Kier alpha value is -1.38. The van der Waals surface area contributed by atoms with E-state index in [1.165, 1.54) is 19.1 Å². The number of hydrogen-bond acceptors (Lipinski definition) is 2. The van der Waals surface area contributed by atoms with Crippen molar-refractivity contribution in [1.29, 1.82) is 0 Å². The summed E-state index contributed by atoms with van der Waals surface area (Å²) in [4.78, 5) is 21.5. The van der Waals surface area contributed by atoms with Gasteiger partial charge in [-0.25, -0.2) is 0 Å². The molecule has 64 valence electrons. The summed E-state index contributed by atoms with van der Waals surface area (Å²) in [5.74, 6) is -0.154. The van der Waals surface area contributed by atoms with E-state index in [1.807, 2.05) is 6.92 Å². The average Bonchev–Trinajstić information content (AvgIpc) is 1.94. The molecule has 1 aliphatic rings. The van der Waals surface area contributed by atoms with Gasteiger partial charge in [-0.15, -0.1) is 0 Å². The van der Waals surface area contributed by atoms with E-state index in [2.05, 4.69) is 5.32 Å². The Bertz CT molecular complexity index is 260. The fraction of sp³-hybridized carbons (Fsp3) is 0.333. The van der Waals surface area contributed by atoms with Crippen LogP contribution in [0.3, 0.4) is 0 Å². The van der Waals surface area contributed by atoms with Crippen LogP contribution in [0.1, 0.15) is 13.8 Å². The van der Waals surface area contributed by atoms with E-state index in [-0.39, 0.29) is 11.7 Å². The number of ketones is 1. The van der Waals surface area contributed by atoms with Crippen molar-refractivity contribution in [1.82, 2.24) is 5.32 Å². The van der Waals surface area contributed by atoms with E-state index >= 15 is 0 Å². The monoisotopic (exact) mass is 165 g/mol. The van der Waals surface area contributed by atoms with Crippen molar-refractivity contribution in [3.8, 4) is 0 Å². The minimum absolute atomic E-state index is 0.0437. The minimum Gasteiger partial charge on any atom is -0.344 e. The molecule has 0 radical (unpaired) electrons. The molecule has 1 amide bonds. The maximum atomic E-state index is 10.8. The minimum atomic E-state index is -0.500. The van der Waals surface area contributed by atoms with Gasteiger partial charge in [-0.2, -0.15) is 0 Å². The van der Waals surface area contributed by atoms with Crippen LogP contribution in [-0.4, -0.2) is 17.2 Å². The van der Waals surface area contributed by atoms with Crippen molar-refractivity contribution in [3.63, 3.8) is 0 Å². The van der Waals surface area contributed by atoms with Crippen LogP contribution < -0.4 is 5.32 Å². The van der Waals surface area contributed by atoms with Gasteiger partial charge in [0.05, 0.1) is 5.54 Å². The Kier molecular flexibility index (Phi) is 2.13. The lowest BCUT2D eigenvalue weighted by atomic mass is 9.96. The highest BCUT2D eigenvalue weighted by Crippen LogP contribution is 2.12. The second-order valence-corrected chi connectivity index (χ2v) is 3.03. The molecule has 1 aliphatic carbocycles. The molecule has 0 heterocycles. The molecule has 0 fully saturated rings. The van der Waals surface area contributed by atoms with E-state index in [4.69, 9.17) is 0 Å². The average molecular weight is 165 g/mol. The lowest BCUT2D eigenvalue weighted by Crippen LogP contribution is -2.42. The molecule has 3 nitrogen and oxygen atoms in total. The molecule has 1 N–H and O–H groups in total. The number of carbonyl (C=O) groups excluding carboxylic acids is 2. The van der Waals surface area contributed by atoms with Crippen molar-refractivity contribution in [2.45, 2.75) is 19.4 Å². The van der Waals surface area contributed by atoms with Crippen LogP contribution in [0.15, 0.2) is 24.3 Å². The fourth-order valence-corrected chi connectivity index (χ4v) is 1.08. The summed E-state index contributed by atoms with van der Waals surface area (Å²) in [5.41, 5.74) is -0.500. The molecule has 0 saturated heterocycles. The van der Waals surface area contributed by atoms with E-state index in [1.54, 1.807) is 12.2 Å². The van der Waals surface area contributed by atoms with Crippen LogP contribution >= 0.6 is 0 Å². The molecule has 3 heteroatoms. The van der Waals surface area contributed by atoms with Crippen LogP contribution in [0.5, 0.6) is 0 Å². The van der Waals surface area contributed by atoms with Crippen LogP contribution in [0.2, 0.25) is 0 Å². The summed E-state index contributed by atoms with van der Waals surface area (Å²) >= 11 is 0. The van der Waals surface area contributed by atoms with E-state index < -0.39 is 5.54 Å². The highest BCUT2D eigenvalue weighted by Gasteiger charge is 2.20. The lowest BCUT2D eigenvalue weighted by Gasteiger charge is -2.24. The number of rotatable bonds is 1. The molecule has 0 aromatic carbocycles. The van der Waals surface area contributed by atoms with Crippen LogP contribution in [-0.2, 0) is 9.59 Å². The second-order valence-electron chi connectivity index (χ2n) is 3.03. The zero-order chi connectivity index (χ0) is 9.19. The van der Waals surface area contributed by atoms with Gasteiger partial charge >= 0.3 is 0 Å². The third-order valence-corrected chi connectivity index (χ3v) is 1.63. The van der Waals surface area contributed by atoms with Gasteiger partial charge in [-0.3, -0.25) is 9.59 Å². The first-order chi connectivity index (χ1) is 5.52. The topological polar surface area (TPSA) is 46.2 Å². The molecular weight excluding hydrogens is 154 g/mol. The standard InChI is InChI=1S/C9H11NO2/c1-7(11)10-9(2)5-3-8(12)4-6-9/h3-6H,1-2H3,(H,10,11). The fourth-order valence-electron chi connectivity index (χ4n) is 1.08. The largest absolute Gasteiger partial charge is 0.344 e. The van der Waals surface area contributed by atoms with Gasteiger partial charge in [-0.05, 0) is 19.1 Å². The molecule has 0 aromatic rings. The summed E-state index contributed by atoms with van der Waals surface area (Å²) in [7, 11) is 0. The SMILES string of the molecule is CC(=O)NC1(C)C=CC(=O)C=C1. The zero-order valence-corrected chi connectivity index (χ0v) is 7.13. The van der Waals surface area contributed by atoms with Crippen molar-refractivity contribution < 1.29 is 9.59 Å². The molecule has 0 bridgehead atoms. The molecule has 1 rings (SSSR count). The van der Waals surface area contributed by atoms with Gasteiger partial charge in [0.15, 0.2) is 5.78 Å². The van der Waals surface area contributed by atoms with Crippen molar-refractivity contribution in [2.75, 3.05) is 0 Å². The van der Waals surface area contributed by atoms with Gasteiger partial charge in [0.2, 0.25) is 5.91 Å². The number of amides is 1.